The van der Waals surface area contributed by atoms with Crippen LogP contribution in [0.4, 0.5) is 0 Å². The molecule has 1 heterocycles. The first-order valence-corrected chi connectivity index (χ1v) is 4.16. The third kappa shape index (κ3) is 1.84. The van der Waals surface area contributed by atoms with Crippen molar-refractivity contribution in [2.24, 2.45) is 0 Å². The van der Waals surface area contributed by atoms with E-state index in [1.165, 1.54) is 19.4 Å². The Hall–Kier alpha value is -0.850. The van der Waals surface area contributed by atoms with E-state index in [2.05, 4.69) is 4.98 Å². The van der Waals surface area contributed by atoms with Gasteiger partial charge in [0.05, 0.1) is 13.3 Å². The number of aromatic carboxylic acids is 1. The third-order valence-electron chi connectivity index (χ3n) is 1.28. The molecule has 0 bridgehead atoms. The summed E-state index contributed by atoms with van der Waals surface area (Å²) in [6, 6.07) is 1.46. The molecule has 64 valence electrons. The summed E-state index contributed by atoms with van der Waals surface area (Å²) in [5.74, 6) is -0.727. The van der Waals surface area contributed by atoms with Gasteiger partial charge in [0.2, 0.25) is 0 Å². The summed E-state index contributed by atoms with van der Waals surface area (Å²) in [7, 11) is 1.41. The Morgan fingerprint density at radius 3 is 2.92 bits per heavy atom. The summed E-state index contributed by atoms with van der Waals surface area (Å²) in [6.45, 7) is 0. The van der Waals surface area contributed by atoms with Crippen LogP contribution in [0.15, 0.2) is 12.3 Å². The van der Waals surface area contributed by atoms with Crippen LogP contribution in [0.2, 0.25) is 0 Å². The van der Waals surface area contributed by atoms with Gasteiger partial charge < -0.3 is 9.84 Å². The lowest BCUT2D eigenvalue weighted by Crippen LogP contribution is -2.01. The van der Waals surface area contributed by atoms with Crippen LogP contribution in [-0.2, 0) is 0 Å². The summed E-state index contributed by atoms with van der Waals surface area (Å²) >= 11 is 1.94. The van der Waals surface area contributed by atoms with Crippen molar-refractivity contribution in [2.45, 2.75) is 0 Å². The molecular weight excluding hydrogens is 273 g/mol. The van der Waals surface area contributed by atoms with Crippen molar-refractivity contribution in [3.05, 3.63) is 21.5 Å². The number of methoxy groups -OCH3 is 1. The quantitative estimate of drug-likeness (QED) is 0.656. The highest BCUT2D eigenvalue weighted by Gasteiger charge is 2.10. The molecule has 0 saturated heterocycles. The van der Waals surface area contributed by atoms with Crippen molar-refractivity contribution < 1.29 is 14.6 Å². The molecule has 0 fully saturated rings. The fourth-order valence-corrected chi connectivity index (χ4v) is 1.20. The zero-order valence-electron chi connectivity index (χ0n) is 6.24. The van der Waals surface area contributed by atoms with E-state index in [0.29, 0.717) is 3.70 Å². The molecule has 1 aromatic heterocycles. The SMILES string of the molecule is COc1cnc(I)cc1C(=O)O. The largest absolute Gasteiger partial charge is 0.494 e. The second-order valence-electron chi connectivity index (χ2n) is 2.01. The van der Waals surface area contributed by atoms with Gasteiger partial charge in [-0.15, -0.1) is 0 Å². The Balaban J connectivity index is 3.21. The van der Waals surface area contributed by atoms with Gasteiger partial charge in [-0.2, -0.15) is 0 Å². The number of aromatic nitrogens is 1. The summed E-state index contributed by atoms with van der Waals surface area (Å²) in [5, 5.41) is 8.71. The summed E-state index contributed by atoms with van der Waals surface area (Å²) in [4.78, 5) is 14.5. The fraction of sp³-hybridized carbons (Fsp3) is 0.143. The molecule has 1 N–H and O–H groups in total. The van der Waals surface area contributed by atoms with Crippen LogP contribution in [0.3, 0.4) is 0 Å². The summed E-state index contributed by atoms with van der Waals surface area (Å²) in [6.07, 6.45) is 1.39. The number of carbonyl (C=O) groups is 1. The van der Waals surface area contributed by atoms with Gasteiger partial charge in [0.25, 0.3) is 0 Å². The van der Waals surface area contributed by atoms with Gasteiger partial charge in [0.1, 0.15) is 9.26 Å². The molecule has 0 aromatic carbocycles. The average Bonchev–Trinajstić information content (AvgIpc) is 2.04. The number of hydrogen-bond donors (Lipinski definition) is 1. The number of rotatable bonds is 2. The summed E-state index contributed by atoms with van der Waals surface area (Å²) < 4.78 is 5.45. The minimum Gasteiger partial charge on any atom is -0.494 e. The minimum absolute atomic E-state index is 0.136. The van der Waals surface area contributed by atoms with Gasteiger partial charge in [-0.25, -0.2) is 9.78 Å². The number of ether oxygens (including phenoxy) is 1. The van der Waals surface area contributed by atoms with Crippen LogP contribution in [-0.4, -0.2) is 23.2 Å². The lowest BCUT2D eigenvalue weighted by Gasteiger charge is -2.02. The van der Waals surface area contributed by atoms with Crippen molar-refractivity contribution in [2.75, 3.05) is 7.11 Å². The Bertz CT molecular complexity index is 314. The lowest BCUT2D eigenvalue weighted by atomic mass is 10.2. The first-order chi connectivity index (χ1) is 5.65. The standard InChI is InChI=1S/C7H6INO3/c1-12-5-3-9-6(8)2-4(5)7(10)11/h2-3H,1H3,(H,10,11). The molecular formula is C7H6INO3. The Kier molecular flexibility index (Phi) is 2.85. The molecule has 12 heavy (non-hydrogen) atoms. The smallest absolute Gasteiger partial charge is 0.339 e. The predicted octanol–water partition coefficient (Wildman–Crippen LogP) is 1.39. The van der Waals surface area contributed by atoms with E-state index >= 15 is 0 Å². The molecule has 0 aliphatic heterocycles. The monoisotopic (exact) mass is 279 g/mol. The van der Waals surface area contributed by atoms with Gasteiger partial charge in [-0.1, -0.05) is 0 Å². The van der Waals surface area contributed by atoms with Gasteiger partial charge in [-0.3, -0.25) is 0 Å². The topological polar surface area (TPSA) is 59.4 Å². The van der Waals surface area contributed by atoms with Gasteiger partial charge in [0, 0.05) is 0 Å². The maximum atomic E-state index is 10.6. The van der Waals surface area contributed by atoms with Crippen molar-refractivity contribution in [3.8, 4) is 5.75 Å². The maximum Gasteiger partial charge on any atom is 0.339 e. The van der Waals surface area contributed by atoms with E-state index in [1.54, 1.807) is 0 Å². The molecule has 0 atom stereocenters. The summed E-state index contributed by atoms with van der Waals surface area (Å²) in [5.41, 5.74) is 0.136. The van der Waals surface area contributed by atoms with E-state index in [0.717, 1.165) is 0 Å². The molecule has 0 aliphatic rings. The number of pyridine rings is 1. The lowest BCUT2D eigenvalue weighted by molar-refractivity contribution is 0.0693. The van der Waals surface area contributed by atoms with Crippen LogP contribution in [0, 0.1) is 3.70 Å². The number of nitrogens with zero attached hydrogens (tertiary/aromatic N) is 1. The number of halogens is 1. The Labute approximate surface area is 82.7 Å². The normalized spacial score (nSPS) is 9.50. The highest BCUT2D eigenvalue weighted by molar-refractivity contribution is 14.1. The highest BCUT2D eigenvalue weighted by atomic mass is 127. The van der Waals surface area contributed by atoms with Gasteiger partial charge >= 0.3 is 5.97 Å². The molecule has 0 amide bonds. The van der Waals surface area contributed by atoms with Crippen LogP contribution in [0.5, 0.6) is 5.75 Å². The van der Waals surface area contributed by atoms with Crippen LogP contribution in [0.1, 0.15) is 10.4 Å². The second-order valence-corrected chi connectivity index (χ2v) is 3.12. The van der Waals surface area contributed by atoms with Crippen LogP contribution < -0.4 is 4.74 Å². The first-order valence-electron chi connectivity index (χ1n) is 3.08. The molecule has 0 aliphatic carbocycles. The van der Waals surface area contributed by atoms with Crippen LogP contribution in [0.25, 0.3) is 0 Å². The zero-order chi connectivity index (χ0) is 9.14. The van der Waals surface area contributed by atoms with Gasteiger partial charge in [-0.05, 0) is 28.7 Å². The number of carboxylic acids is 1. The molecule has 1 rings (SSSR count). The van der Waals surface area contributed by atoms with E-state index < -0.39 is 5.97 Å². The number of carboxylic acid groups (broad SMARTS) is 1. The average molecular weight is 279 g/mol. The predicted molar refractivity (Wildman–Crippen MR) is 50.5 cm³/mol. The van der Waals surface area contributed by atoms with E-state index in [-0.39, 0.29) is 11.3 Å². The first kappa shape index (κ1) is 9.24. The van der Waals surface area contributed by atoms with E-state index in [1.807, 2.05) is 22.6 Å². The van der Waals surface area contributed by atoms with Crippen molar-refractivity contribution in [3.63, 3.8) is 0 Å². The molecule has 1 aromatic rings. The zero-order valence-corrected chi connectivity index (χ0v) is 8.40. The molecule has 0 saturated carbocycles. The maximum absolute atomic E-state index is 10.6. The molecule has 0 unspecified atom stereocenters. The molecule has 0 radical (unpaired) electrons. The van der Waals surface area contributed by atoms with Crippen LogP contribution >= 0.6 is 22.6 Å². The van der Waals surface area contributed by atoms with Gasteiger partial charge in [0.15, 0.2) is 5.75 Å². The van der Waals surface area contributed by atoms with Crippen molar-refractivity contribution in [1.29, 1.82) is 0 Å². The Morgan fingerprint density at radius 2 is 2.42 bits per heavy atom. The van der Waals surface area contributed by atoms with E-state index in [4.69, 9.17) is 9.84 Å². The van der Waals surface area contributed by atoms with E-state index in [9.17, 15) is 4.79 Å². The third-order valence-corrected chi connectivity index (χ3v) is 1.87. The molecule has 4 nitrogen and oxygen atoms in total. The van der Waals surface area contributed by atoms with Crippen molar-refractivity contribution >= 4 is 28.6 Å². The Morgan fingerprint density at radius 1 is 1.75 bits per heavy atom. The number of hydrogen-bond acceptors (Lipinski definition) is 3. The minimum atomic E-state index is -1.01. The fourth-order valence-electron chi connectivity index (χ4n) is 0.747. The highest BCUT2D eigenvalue weighted by Crippen LogP contribution is 2.18. The molecule has 5 heteroatoms. The van der Waals surface area contributed by atoms with Crippen molar-refractivity contribution in [1.82, 2.24) is 4.98 Å². The molecule has 0 spiro atoms. The second kappa shape index (κ2) is 3.70.